The van der Waals surface area contributed by atoms with Gasteiger partial charge in [-0.2, -0.15) is 0 Å². The second kappa shape index (κ2) is 11.1. The average Bonchev–Trinajstić information content (AvgIpc) is 3.49. The van der Waals surface area contributed by atoms with Crippen molar-refractivity contribution in [3.8, 4) is 17.2 Å². The van der Waals surface area contributed by atoms with Crippen molar-refractivity contribution in [1.29, 1.82) is 0 Å². The highest BCUT2D eigenvalue weighted by atomic mass is 32.1. The summed E-state index contributed by atoms with van der Waals surface area (Å²) in [5.74, 6) is 0.616. The standard InChI is InChI=1S/C34H30N4O3S/c1-21-8-4-5-10-30(21)41-27-17-15-26(16-18-27)38-32(31(36-34(38)42)29-9-6-7-19-35-29)28-20-22(2)37(23(28)3)25-13-11-24(12-14-25)33(39)40/h4-20,31-32H,1-3H3,(H,36,42)(H,39,40)/t31-,32+/m1/s1. The van der Waals surface area contributed by atoms with E-state index < -0.39 is 5.97 Å². The van der Waals surface area contributed by atoms with Crippen LogP contribution in [0.15, 0.2) is 103 Å². The molecular formula is C34H30N4O3S. The van der Waals surface area contributed by atoms with Gasteiger partial charge in [-0.1, -0.05) is 24.3 Å². The molecule has 2 aromatic heterocycles. The van der Waals surface area contributed by atoms with Gasteiger partial charge in [0.05, 0.1) is 23.3 Å². The molecule has 5 aromatic rings. The molecule has 0 unspecified atom stereocenters. The van der Waals surface area contributed by atoms with E-state index in [2.05, 4.69) is 39.7 Å². The lowest BCUT2D eigenvalue weighted by molar-refractivity contribution is 0.0697. The molecule has 2 N–H and O–H groups in total. The van der Waals surface area contributed by atoms with E-state index in [0.717, 1.165) is 51.1 Å². The summed E-state index contributed by atoms with van der Waals surface area (Å²) in [5, 5.41) is 13.5. The number of anilines is 1. The lowest BCUT2D eigenvalue weighted by Crippen LogP contribution is -2.29. The molecule has 0 amide bonds. The third kappa shape index (κ3) is 5.01. The van der Waals surface area contributed by atoms with Crippen LogP contribution < -0.4 is 15.0 Å². The molecule has 1 aliphatic rings. The van der Waals surface area contributed by atoms with Crippen molar-refractivity contribution in [2.24, 2.45) is 0 Å². The molecule has 210 valence electrons. The number of aromatic nitrogens is 2. The number of nitrogens with zero attached hydrogens (tertiary/aromatic N) is 3. The van der Waals surface area contributed by atoms with Gasteiger partial charge < -0.3 is 24.6 Å². The average molecular weight is 575 g/mol. The van der Waals surface area contributed by atoms with E-state index in [1.54, 1.807) is 18.3 Å². The lowest BCUT2D eigenvalue weighted by atomic mass is 9.96. The Morgan fingerprint density at radius 3 is 2.26 bits per heavy atom. The first-order valence-corrected chi connectivity index (χ1v) is 14.1. The number of carbonyl (C=O) groups is 1. The van der Waals surface area contributed by atoms with Gasteiger partial charge >= 0.3 is 5.97 Å². The van der Waals surface area contributed by atoms with Crippen LogP contribution in [0.2, 0.25) is 0 Å². The summed E-state index contributed by atoms with van der Waals surface area (Å²) in [7, 11) is 0. The van der Waals surface area contributed by atoms with Gasteiger partial charge in [0.15, 0.2) is 5.11 Å². The molecule has 8 heteroatoms. The van der Waals surface area contributed by atoms with E-state index in [0.29, 0.717) is 5.11 Å². The largest absolute Gasteiger partial charge is 0.478 e. The predicted octanol–water partition coefficient (Wildman–Crippen LogP) is 7.47. The van der Waals surface area contributed by atoms with Crippen LogP contribution in [0, 0.1) is 20.8 Å². The molecule has 42 heavy (non-hydrogen) atoms. The van der Waals surface area contributed by atoms with Gasteiger partial charge in [-0.05, 0) is 117 Å². The number of thiocarbonyl (C=S) groups is 1. The third-order valence-electron chi connectivity index (χ3n) is 7.70. The SMILES string of the molecule is Cc1ccccc1Oc1ccc(N2C(=S)N[C@H](c3ccccn3)[C@@H]2c2cc(C)n(-c3ccc(C(=O)O)cc3)c2C)cc1. The van der Waals surface area contributed by atoms with Crippen molar-refractivity contribution < 1.29 is 14.6 Å². The molecule has 1 saturated heterocycles. The zero-order chi connectivity index (χ0) is 29.4. The number of pyridine rings is 1. The van der Waals surface area contributed by atoms with Crippen molar-refractivity contribution in [3.63, 3.8) is 0 Å². The maximum atomic E-state index is 11.4. The normalized spacial score (nSPS) is 16.4. The monoisotopic (exact) mass is 574 g/mol. The van der Waals surface area contributed by atoms with Gasteiger partial charge in [0.2, 0.25) is 0 Å². The Morgan fingerprint density at radius 2 is 1.60 bits per heavy atom. The van der Waals surface area contributed by atoms with Crippen LogP contribution in [0.25, 0.3) is 5.69 Å². The fourth-order valence-corrected chi connectivity index (χ4v) is 6.01. The van der Waals surface area contributed by atoms with Gasteiger partial charge in [0.1, 0.15) is 11.5 Å². The number of aromatic carboxylic acids is 1. The van der Waals surface area contributed by atoms with E-state index >= 15 is 0 Å². The maximum Gasteiger partial charge on any atom is 0.335 e. The van der Waals surface area contributed by atoms with Crippen LogP contribution in [0.3, 0.4) is 0 Å². The Labute approximate surface area is 250 Å². The molecule has 0 bridgehead atoms. The number of carboxylic acid groups (broad SMARTS) is 1. The van der Waals surface area contributed by atoms with E-state index in [9.17, 15) is 9.90 Å². The number of hydrogen-bond donors (Lipinski definition) is 2. The number of aryl methyl sites for hydroxylation is 2. The van der Waals surface area contributed by atoms with Crippen molar-refractivity contribution in [1.82, 2.24) is 14.9 Å². The van der Waals surface area contributed by atoms with Crippen LogP contribution >= 0.6 is 12.2 Å². The molecule has 6 rings (SSSR count). The van der Waals surface area contributed by atoms with E-state index in [4.69, 9.17) is 17.0 Å². The highest BCUT2D eigenvalue weighted by molar-refractivity contribution is 7.80. The number of rotatable bonds is 7. The summed E-state index contributed by atoms with van der Waals surface area (Å²) >= 11 is 5.94. The zero-order valence-corrected chi connectivity index (χ0v) is 24.3. The zero-order valence-electron chi connectivity index (χ0n) is 23.5. The number of hydrogen-bond acceptors (Lipinski definition) is 4. The number of benzene rings is 3. The molecule has 3 aromatic carbocycles. The first-order valence-electron chi connectivity index (χ1n) is 13.7. The lowest BCUT2D eigenvalue weighted by Gasteiger charge is -2.28. The number of ether oxygens (including phenoxy) is 1. The van der Waals surface area contributed by atoms with Crippen LogP contribution in [0.5, 0.6) is 11.5 Å². The minimum Gasteiger partial charge on any atom is -0.478 e. The number of para-hydroxylation sites is 1. The van der Waals surface area contributed by atoms with Crippen LogP contribution in [-0.2, 0) is 0 Å². The van der Waals surface area contributed by atoms with Gasteiger partial charge in [-0.3, -0.25) is 4.98 Å². The first kappa shape index (κ1) is 27.2. The molecular weight excluding hydrogens is 544 g/mol. The smallest absolute Gasteiger partial charge is 0.335 e. The summed E-state index contributed by atoms with van der Waals surface area (Å²) in [6.07, 6.45) is 1.80. The van der Waals surface area contributed by atoms with Crippen LogP contribution in [-0.4, -0.2) is 25.7 Å². The van der Waals surface area contributed by atoms with Crippen LogP contribution in [0.4, 0.5) is 5.69 Å². The van der Waals surface area contributed by atoms with Crippen molar-refractivity contribution in [3.05, 3.63) is 137 Å². The minimum absolute atomic E-state index is 0.186. The first-order chi connectivity index (χ1) is 20.3. The molecule has 2 atom stereocenters. The molecule has 3 heterocycles. The quantitative estimate of drug-likeness (QED) is 0.195. The molecule has 0 aliphatic carbocycles. The molecule has 1 fully saturated rings. The molecule has 1 aliphatic heterocycles. The fraction of sp³-hybridized carbons (Fsp3) is 0.147. The van der Waals surface area contributed by atoms with Gasteiger partial charge in [-0.15, -0.1) is 0 Å². The van der Waals surface area contributed by atoms with E-state index in [-0.39, 0.29) is 17.6 Å². The van der Waals surface area contributed by atoms with Gasteiger partial charge in [0.25, 0.3) is 0 Å². The van der Waals surface area contributed by atoms with Crippen molar-refractivity contribution >= 4 is 29.0 Å². The number of nitrogens with one attached hydrogen (secondary N) is 1. The maximum absolute atomic E-state index is 11.4. The Kier molecular flexibility index (Phi) is 7.22. The molecule has 0 spiro atoms. The minimum atomic E-state index is -0.946. The summed E-state index contributed by atoms with van der Waals surface area (Å²) in [6, 6.07) is 30.6. The molecule has 7 nitrogen and oxygen atoms in total. The third-order valence-corrected chi connectivity index (χ3v) is 8.01. The summed E-state index contributed by atoms with van der Waals surface area (Å²) in [5.41, 5.74) is 7.21. The Bertz CT molecular complexity index is 1770. The summed E-state index contributed by atoms with van der Waals surface area (Å²) in [4.78, 5) is 18.2. The van der Waals surface area contributed by atoms with E-state index in [1.807, 2.05) is 85.8 Å². The van der Waals surface area contributed by atoms with E-state index in [1.165, 1.54) is 0 Å². The predicted molar refractivity (Wildman–Crippen MR) is 168 cm³/mol. The Hall–Kier alpha value is -4.95. The van der Waals surface area contributed by atoms with Gasteiger partial charge in [-0.25, -0.2) is 4.79 Å². The fourth-order valence-electron chi connectivity index (χ4n) is 5.66. The second-order valence-corrected chi connectivity index (χ2v) is 10.8. The number of carboxylic acids is 1. The second-order valence-electron chi connectivity index (χ2n) is 10.4. The van der Waals surface area contributed by atoms with Crippen LogP contribution in [0.1, 0.15) is 50.7 Å². The van der Waals surface area contributed by atoms with Gasteiger partial charge in [0, 0.05) is 29.0 Å². The summed E-state index contributed by atoms with van der Waals surface area (Å²) < 4.78 is 8.30. The van der Waals surface area contributed by atoms with Crippen molar-refractivity contribution in [2.75, 3.05) is 4.90 Å². The Balaban J connectivity index is 1.40. The Morgan fingerprint density at radius 1 is 0.905 bits per heavy atom. The molecule has 0 radical (unpaired) electrons. The topological polar surface area (TPSA) is 79.6 Å². The molecule has 0 saturated carbocycles. The van der Waals surface area contributed by atoms with Crippen molar-refractivity contribution in [2.45, 2.75) is 32.9 Å². The highest BCUT2D eigenvalue weighted by Crippen LogP contribution is 2.44. The highest BCUT2D eigenvalue weighted by Gasteiger charge is 2.42. The summed E-state index contributed by atoms with van der Waals surface area (Å²) in [6.45, 7) is 6.17.